The minimum Gasteiger partial charge on any atom is -0.354 e. The molecule has 2 aromatic rings. The van der Waals surface area contributed by atoms with Crippen molar-refractivity contribution in [1.29, 1.82) is 0 Å². The molecule has 2 saturated heterocycles. The molecule has 0 amide bonds. The van der Waals surface area contributed by atoms with E-state index >= 15 is 0 Å². The van der Waals surface area contributed by atoms with Gasteiger partial charge in [-0.3, -0.25) is 14.5 Å². The molecule has 0 unspecified atom stereocenters. The fraction of sp³-hybridized carbons (Fsp3) is 0.600. The number of hydrogen-bond acceptors (Lipinski definition) is 5. The minimum atomic E-state index is 0.724. The molecular weight excluding hydrogens is 324 g/mol. The summed E-state index contributed by atoms with van der Waals surface area (Å²) in [6.07, 6.45) is 5.58. The number of aryl methyl sites for hydroxylation is 2. The van der Waals surface area contributed by atoms with Crippen molar-refractivity contribution >= 4 is 5.82 Å². The van der Waals surface area contributed by atoms with Gasteiger partial charge in [0, 0.05) is 65.1 Å². The van der Waals surface area contributed by atoms with Crippen molar-refractivity contribution in [2.24, 2.45) is 7.05 Å². The fourth-order valence-electron chi connectivity index (χ4n) is 4.75. The lowest BCUT2D eigenvalue weighted by atomic mass is 10.0. The molecule has 3 aliphatic rings. The van der Waals surface area contributed by atoms with Gasteiger partial charge in [0.1, 0.15) is 5.82 Å². The number of aromatic nitrogens is 3. The van der Waals surface area contributed by atoms with Crippen LogP contribution >= 0.6 is 0 Å². The molecule has 0 bridgehead atoms. The van der Waals surface area contributed by atoms with E-state index in [1.165, 1.54) is 43.7 Å². The summed E-state index contributed by atoms with van der Waals surface area (Å²) in [5, 5.41) is 4.72. The Labute approximate surface area is 155 Å². The highest BCUT2D eigenvalue weighted by atomic mass is 15.4. The van der Waals surface area contributed by atoms with Gasteiger partial charge in [-0.25, -0.2) is 4.98 Å². The van der Waals surface area contributed by atoms with Crippen molar-refractivity contribution in [3.63, 3.8) is 0 Å². The molecule has 2 fully saturated rings. The Hall–Kier alpha value is -1.92. The van der Waals surface area contributed by atoms with Crippen LogP contribution < -0.4 is 4.90 Å². The molecule has 0 radical (unpaired) electrons. The predicted molar refractivity (Wildman–Crippen MR) is 102 cm³/mol. The quantitative estimate of drug-likeness (QED) is 0.830. The summed E-state index contributed by atoms with van der Waals surface area (Å²) in [4.78, 5) is 12.2. The van der Waals surface area contributed by atoms with Crippen LogP contribution in [-0.4, -0.2) is 69.9 Å². The number of hydrogen-bond donors (Lipinski definition) is 0. The maximum atomic E-state index is 4.72. The maximum absolute atomic E-state index is 4.72. The van der Waals surface area contributed by atoms with Gasteiger partial charge < -0.3 is 4.90 Å². The average molecular weight is 352 g/mol. The second-order valence-corrected chi connectivity index (χ2v) is 7.91. The monoisotopic (exact) mass is 352 g/mol. The Kier molecular flexibility index (Phi) is 4.17. The van der Waals surface area contributed by atoms with Crippen LogP contribution in [0, 0.1) is 0 Å². The van der Waals surface area contributed by atoms with Crippen LogP contribution in [0.25, 0.3) is 0 Å². The molecule has 6 heteroatoms. The number of rotatable bonds is 4. The summed E-state index contributed by atoms with van der Waals surface area (Å²) < 4.78 is 2.13. The predicted octanol–water partition coefficient (Wildman–Crippen LogP) is 1.31. The zero-order valence-corrected chi connectivity index (χ0v) is 15.6. The first-order valence-corrected chi connectivity index (χ1v) is 9.94. The van der Waals surface area contributed by atoms with Crippen molar-refractivity contribution in [2.75, 3.05) is 44.2 Å². The van der Waals surface area contributed by atoms with Crippen LogP contribution in [0.4, 0.5) is 5.82 Å². The summed E-state index contributed by atoms with van der Waals surface area (Å²) in [6, 6.07) is 6.91. The van der Waals surface area contributed by atoms with Gasteiger partial charge in [0.25, 0.3) is 0 Å². The van der Waals surface area contributed by atoms with Gasteiger partial charge in [-0.1, -0.05) is 6.07 Å². The molecule has 4 heterocycles. The van der Waals surface area contributed by atoms with Gasteiger partial charge in [-0.05, 0) is 37.0 Å². The molecule has 2 aromatic heterocycles. The van der Waals surface area contributed by atoms with Crippen LogP contribution in [0.3, 0.4) is 0 Å². The second kappa shape index (κ2) is 6.67. The molecule has 2 aliphatic heterocycles. The Morgan fingerprint density at radius 1 is 1.08 bits per heavy atom. The van der Waals surface area contributed by atoms with Gasteiger partial charge in [0.05, 0.1) is 11.4 Å². The van der Waals surface area contributed by atoms with E-state index in [0.29, 0.717) is 0 Å². The first-order chi connectivity index (χ1) is 12.8. The van der Waals surface area contributed by atoms with E-state index in [-0.39, 0.29) is 0 Å². The Morgan fingerprint density at radius 3 is 2.69 bits per heavy atom. The van der Waals surface area contributed by atoms with Gasteiger partial charge in [0.15, 0.2) is 0 Å². The molecule has 138 valence electrons. The molecular formula is C20H28N6. The zero-order valence-electron chi connectivity index (χ0n) is 15.6. The first-order valence-electron chi connectivity index (χ1n) is 9.94. The van der Waals surface area contributed by atoms with Gasteiger partial charge >= 0.3 is 0 Å². The van der Waals surface area contributed by atoms with E-state index in [9.17, 15) is 0 Å². The van der Waals surface area contributed by atoms with Gasteiger partial charge in [0.2, 0.25) is 0 Å². The number of likely N-dealkylation sites (tertiary alicyclic amines) is 1. The number of piperazine rings is 1. The third-order valence-corrected chi connectivity index (χ3v) is 6.31. The van der Waals surface area contributed by atoms with Gasteiger partial charge in [-0.2, -0.15) is 5.10 Å². The highest BCUT2D eigenvalue weighted by Crippen LogP contribution is 2.27. The summed E-state index contributed by atoms with van der Waals surface area (Å²) in [6.45, 7) is 7.94. The van der Waals surface area contributed by atoms with E-state index in [2.05, 4.69) is 43.5 Å². The lowest BCUT2D eigenvalue weighted by Gasteiger charge is -2.48. The van der Waals surface area contributed by atoms with E-state index < -0.39 is 0 Å². The average Bonchev–Trinajstić information content (AvgIpc) is 3.20. The Balaban J connectivity index is 1.13. The summed E-state index contributed by atoms with van der Waals surface area (Å²) in [7, 11) is 2.11. The van der Waals surface area contributed by atoms with Crippen LogP contribution in [-0.2, 0) is 26.4 Å². The van der Waals surface area contributed by atoms with E-state index in [1.807, 2.05) is 12.3 Å². The summed E-state index contributed by atoms with van der Waals surface area (Å²) >= 11 is 0. The number of fused-ring (bicyclic) bond motifs is 1. The molecule has 6 nitrogen and oxygen atoms in total. The normalized spacial score (nSPS) is 21.8. The van der Waals surface area contributed by atoms with E-state index in [4.69, 9.17) is 5.10 Å². The van der Waals surface area contributed by atoms with Crippen molar-refractivity contribution in [3.05, 3.63) is 41.3 Å². The second-order valence-electron chi connectivity index (χ2n) is 7.91. The van der Waals surface area contributed by atoms with Crippen LogP contribution in [0.5, 0.6) is 0 Å². The maximum Gasteiger partial charge on any atom is 0.128 e. The zero-order chi connectivity index (χ0) is 17.5. The minimum absolute atomic E-state index is 0.724. The molecule has 0 atom stereocenters. The number of nitrogens with zero attached hydrogens (tertiary/aromatic N) is 6. The van der Waals surface area contributed by atoms with Crippen molar-refractivity contribution < 1.29 is 0 Å². The molecule has 5 rings (SSSR count). The standard InChI is InChI=1S/C20H28N6/c1-23-19(17-5-4-6-18(17)22-23)15-24-13-16(14-24)25-9-11-26(12-10-25)20-7-2-3-8-21-20/h2-3,7-8,16H,4-6,9-15H2,1H3. The van der Waals surface area contributed by atoms with E-state index in [0.717, 1.165) is 44.6 Å². The lowest BCUT2D eigenvalue weighted by Crippen LogP contribution is -2.62. The van der Waals surface area contributed by atoms with Gasteiger partial charge in [-0.15, -0.1) is 0 Å². The Bertz CT molecular complexity index is 756. The van der Waals surface area contributed by atoms with Crippen LogP contribution in [0.1, 0.15) is 23.4 Å². The molecule has 0 N–H and O–H groups in total. The topological polar surface area (TPSA) is 40.4 Å². The third-order valence-electron chi connectivity index (χ3n) is 6.31. The molecule has 0 spiro atoms. The largest absolute Gasteiger partial charge is 0.354 e. The van der Waals surface area contributed by atoms with Crippen molar-refractivity contribution in [3.8, 4) is 0 Å². The number of anilines is 1. The molecule has 1 aliphatic carbocycles. The first kappa shape index (κ1) is 16.3. The SMILES string of the molecule is Cn1nc2c(c1CN1CC(N3CCN(c4ccccn4)CC3)C1)CCC2. The van der Waals surface area contributed by atoms with E-state index in [1.54, 1.807) is 5.56 Å². The fourth-order valence-corrected chi connectivity index (χ4v) is 4.75. The van der Waals surface area contributed by atoms with Crippen molar-refractivity contribution in [2.45, 2.75) is 31.8 Å². The molecule has 0 saturated carbocycles. The van der Waals surface area contributed by atoms with Crippen molar-refractivity contribution in [1.82, 2.24) is 24.6 Å². The molecule has 0 aromatic carbocycles. The lowest BCUT2D eigenvalue weighted by molar-refractivity contribution is 0.0240. The number of pyridine rings is 1. The van der Waals surface area contributed by atoms with Crippen LogP contribution in [0.15, 0.2) is 24.4 Å². The van der Waals surface area contributed by atoms with Crippen LogP contribution in [0.2, 0.25) is 0 Å². The summed E-state index contributed by atoms with van der Waals surface area (Å²) in [5.41, 5.74) is 4.35. The highest BCUT2D eigenvalue weighted by Gasteiger charge is 2.34. The summed E-state index contributed by atoms with van der Waals surface area (Å²) in [5.74, 6) is 1.12. The Morgan fingerprint density at radius 2 is 1.92 bits per heavy atom. The smallest absolute Gasteiger partial charge is 0.128 e. The third kappa shape index (κ3) is 2.91. The highest BCUT2D eigenvalue weighted by molar-refractivity contribution is 5.38. The molecule has 26 heavy (non-hydrogen) atoms.